The zero-order valence-corrected chi connectivity index (χ0v) is 13.7. The Hall–Kier alpha value is -1.56. The number of halogens is 3. The molecule has 1 aromatic carbocycles. The summed E-state index contributed by atoms with van der Waals surface area (Å²) in [6.07, 6.45) is 0.0640. The molecule has 1 aliphatic carbocycles. The molecular formula is C18H23F3N2O. The van der Waals surface area contributed by atoms with Crippen LogP contribution < -0.4 is 0 Å². The Bertz CT molecular complexity index is 557. The summed E-state index contributed by atoms with van der Waals surface area (Å²) in [6, 6.07) is 5.35. The molecule has 1 saturated heterocycles. The summed E-state index contributed by atoms with van der Waals surface area (Å²) in [5.74, 6) is 0.508. The third kappa shape index (κ3) is 4.09. The fourth-order valence-corrected chi connectivity index (χ4v) is 3.61. The van der Waals surface area contributed by atoms with Crippen molar-refractivity contribution in [3.63, 3.8) is 0 Å². The molecule has 2 aliphatic rings. The quantitative estimate of drug-likeness (QED) is 0.840. The van der Waals surface area contributed by atoms with Gasteiger partial charge in [0.1, 0.15) is 0 Å². The number of alkyl halides is 3. The maximum absolute atomic E-state index is 12.6. The summed E-state index contributed by atoms with van der Waals surface area (Å²) < 4.78 is 37.7. The van der Waals surface area contributed by atoms with Gasteiger partial charge in [-0.25, -0.2) is 0 Å². The minimum absolute atomic E-state index is 0.214. The van der Waals surface area contributed by atoms with Crippen molar-refractivity contribution in [2.45, 2.75) is 38.4 Å². The second-order valence-corrected chi connectivity index (χ2v) is 6.78. The smallest absolute Gasteiger partial charge is 0.340 e. The lowest BCUT2D eigenvalue weighted by atomic mass is 10.1. The molecule has 24 heavy (non-hydrogen) atoms. The van der Waals surface area contributed by atoms with Gasteiger partial charge in [-0.2, -0.15) is 13.2 Å². The lowest BCUT2D eigenvalue weighted by molar-refractivity contribution is -0.138. The Kier molecular flexibility index (Phi) is 5.13. The predicted octanol–water partition coefficient (Wildman–Crippen LogP) is 3.54. The van der Waals surface area contributed by atoms with Crippen LogP contribution >= 0.6 is 0 Å². The molecule has 1 amide bonds. The Morgan fingerprint density at radius 3 is 2.12 bits per heavy atom. The summed E-state index contributed by atoms with van der Waals surface area (Å²) in [7, 11) is 0. The van der Waals surface area contributed by atoms with E-state index in [2.05, 4.69) is 4.90 Å². The molecule has 1 aromatic rings. The van der Waals surface area contributed by atoms with E-state index in [1.807, 2.05) is 4.90 Å². The van der Waals surface area contributed by atoms with Crippen LogP contribution in [0.15, 0.2) is 24.3 Å². The summed E-state index contributed by atoms with van der Waals surface area (Å²) >= 11 is 0. The van der Waals surface area contributed by atoms with E-state index >= 15 is 0 Å². The van der Waals surface area contributed by atoms with Crippen LogP contribution in [0.2, 0.25) is 0 Å². The van der Waals surface area contributed by atoms with Gasteiger partial charge in [0.15, 0.2) is 0 Å². The van der Waals surface area contributed by atoms with E-state index in [-0.39, 0.29) is 5.92 Å². The molecule has 0 unspecified atom stereocenters. The zero-order chi connectivity index (χ0) is 17.2. The highest BCUT2D eigenvalue weighted by atomic mass is 19.4. The molecule has 0 radical (unpaired) electrons. The first-order valence-corrected chi connectivity index (χ1v) is 8.61. The van der Waals surface area contributed by atoms with Crippen molar-refractivity contribution in [2.75, 3.05) is 26.2 Å². The Morgan fingerprint density at radius 1 is 1.00 bits per heavy atom. The van der Waals surface area contributed by atoms with Gasteiger partial charge in [0.2, 0.25) is 5.91 Å². The molecule has 0 N–H and O–H groups in total. The molecule has 3 nitrogen and oxygen atoms in total. The van der Waals surface area contributed by atoms with Crippen LogP contribution in [0, 0.1) is 5.92 Å². The van der Waals surface area contributed by atoms with Gasteiger partial charge in [-0.1, -0.05) is 25.0 Å². The Balaban J connectivity index is 1.49. The first-order valence-electron chi connectivity index (χ1n) is 8.61. The first-order chi connectivity index (χ1) is 11.4. The number of carbonyl (C=O) groups excluding carboxylic acids is 1. The van der Waals surface area contributed by atoms with Gasteiger partial charge in [0.05, 0.1) is 5.56 Å². The molecule has 0 bridgehead atoms. The summed E-state index contributed by atoms with van der Waals surface area (Å²) in [5.41, 5.74) is 0.261. The number of piperazine rings is 1. The number of carbonyl (C=O) groups is 1. The zero-order valence-electron chi connectivity index (χ0n) is 13.7. The number of hydrogen-bond donors (Lipinski definition) is 0. The van der Waals surface area contributed by atoms with Crippen LogP contribution in [-0.4, -0.2) is 41.9 Å². The topological polar surface area (TPSA) is 23.6 Å². The van der Waals surface area contributed by atoms with Crippen LogP contribution in [0.1, 0.15) is 36.8 Å². The average Bonchev–Trinajstić information content (AvgIpc) is 3.09. The highest BCUT2D eigenvalue weighted by Gasteiger charge is 2.31. The fourth-order valence-electron chi connectivity index (χ4n) is 3.61. The molecule has 2 fully saturated rings. The molecule has 0 aromatic heterocycles. The highest BCUT2D eigenvalue weighted by molar-refractivity contribution is 5.79. The van der Waals surface area contributed by atoms with Gasteiger partial charge >= 0.3 is 6.18 Å². The van der Waals surface area contributed by atoms with Crippen LogP contribution in [0.5, 0.6) is 0 Å². The van der Waals surface area contributed by atoms with Crippen molar-refractivity contribution in [3.8, 4) is 0 Å². The lowest BCUT2D eigenvalue weighted by Crippen LogP contribution is -2.49. The maximum Gasteiger partial charge on any atom is 0.416 e. The van der Waals surface area contributed by atoms with Crippen molar-refractivity contribution >= 4 is 5.91 Å². The fraction of sp³-hybridized carbons (Fsp3) is 0.611. The monoisotopic (exact) mass is 340 g/mol. The van der Waals surface area contributed by atoms with E-state index < -0.39 is 11.7 Å². The molecule has 6 heteroatoms. The van der Waals surface area contributed by atoms with Crippen molar-refractivity contribution in [3.05, 3.63) is 35.4 Å². The predicted molar refractivity (Wildman–Crippen MR) is 85.3 cm³/mol. The summed E-state index contributed by atoms with van der Waals surface area (Å²) in [5, 5.41) is 0. The van der Waals surface area contributed by atoms with Gasteiger partial charge in [-0.3, -0.25) is 9.69 Å². The second kappa shape index (κ2) is 7.13. The third-order valence-electron chi connectivity index (χ3n) is 5.08. The second-order valence-electron chi connectivity index (χ2n) is 6.78. The van der Waals surface area contributed by atoms with Crippen molar-refractivity contribution in [1.82, 2.24) is 9.80 Å². The number of benzene rings is 1. The van der Waals surface area contributed by atoms with Crippen molar-refractivity contribution in [2.24, 2.45) is 5.92 Å². The van der Waals surface area contributed by atoms with E-state index in [4.69, 9.17) is 0 Å². The summed E-state index contributed by atoms with van der Waals surface area (Å²) in [6.45, 7) is 3.62. The van der Waals surface area contributed by atoms with Gasteiger partial charge in [-0.15, -0.1) is 0 Å². The Labute approximate surface area is 140 Å². The molecule has 1 saturated carbocycles. The van der Waals surface area contributed by atoms with Crippen LogP contribution in [0.4, 0.5) is 13.2 Å². The largest absolute Gasteiger partial charge is 0.416 e. The molecule has 0 atom stereocenters. The maximum atomic E-state index is 12.6. The highest BCUT2D eigenvalue weighted by Crippen LogP contribution is 2.29. The van der Waals surface area contributed by atoms with E-state index in [1.165, 1.54) is 0 Å². The van der Waals surface area contributed by atoms with Crippen LogP contribution in [0.25, 0.3) is 0 Å². The van der Waals surface area contributed by atoms with E-state index in [0.717, 1.165) is 69.6 Å². The van der Waals surface area contributed by atoms with Crippen LogP contribution in [0.3, 0.4) is 0 Å². The average molecular weight is 340 g/mol. The standard InChI is InChI=1S/C18H23F3N2O/c19-18(20,21)16-7-5-14(6-8-16)13-22-9-11-23(12-10-22)17(24)15-3-1-2-4-15/h5-8,15H,1-4,9-13H2. The van der Waals surface area contributed by atoms with Gasteiger partial charge in [0.25, 0.3) is 0 Å². The SMILES string of the molecule is O=C(C1CCCC1)N1CCN(Cc2ccc(C(F)(F)F)cc2)CC1. The van der Waals surface area contributed by atoms with Crippen molar-refractivity contribution in [1.29, 1.82) is 0 Å². The molecule has 1 heterocycles. The molecule has 132 valence electrons. The van der Waals surface area contributed by atoms with Crippen molar-refractivity contribution < 1.29 is 18.0 Å². The van der Waals surface area contributed by atoms with E-state index in [0.29, 0.717) is 12.5 Å². The number of rotatable bonds is 3. The molecule has 1 aliphatic heterocycles. The van der Waals surface area contributed by atoms with Gasteiger partial charge in [-0.05, 0) is 30.5 Å². The van der Waals surface area contributed by atoms with Crippen LogP contribution in [-0.2, 0) is 17.5 Å². The third-order valence-corrected chi connectivity index (χ3v) is 5.08. The minimum Gasteiger partial charge on any atom is -0.340 e. The van der Waals surface area contributed by atoms with E-state index in [1.54, 1.807) is 12.1 Å². The molecular weight excluding hydrogens is 317 g/mol. The normalized spacial score (nSPS) is 20.5. The summed E-state index contributed by atoms with van der Waals surface area (Å²) in [4.78, 5) is 16.6. The number of amides is 1. The lowest BCUT2D eigenvalue weighted by Gasteiger charge is -2.36. The van der Waals surface area contributed by atoms with E-state index in [9.17, 15) is 18.0 Å². The number of hydrogen-bond acceptors (Lipinski definition) is 2. The minimum atomic E-state index is -4.29. The Morgan fingerprint density at radius 2 is 1.58 bits per heavy atom. The first kappa shape index (κ1) is 17.3. The van der Waals surface area contributed by atoms with Gasteiger partial charge < -0.3 is 4.90 Å². The number of nitrogens with zero attached hydrogens (tertiary/aromatic N) is 2. The van der Waals surface area contributed by atoms with Gasteiger partial charge in [0, 0.05) is 38.6 Å². The molecule has 0 spiro atoms. The molecule has 3 rings (SSSR count).